The van der Waals surface area contributed by atoms with E-state index >= 15 is 0 Å². The lowest BCUT2D eigenvalue weighted by Gasteiger charge is -2.09. The maximum absolute atomic E-state index is 5.60. The topological polar surface area (TPSA) is 81.1 Å². The third-order valence-electron chi connectivity index (χ3n) is 3.24. The molecule has 2 aromatic rings. The second-order valence-electron chi connectivity index (χ2n) is 4.71. The normalized spacial score (nSPS) is 15.3. The van der Waals surface area contributed by atoms with Crippen molar-refractivity contribution in [2.75, 3.05) is 23.7 Å². The lowest BCUT2D eigenvalue weighted by Crippen LogP contribution is -2.18. The third-order valence-corrected chi connectivity index (χ3v) is 3.96. The summed E-state index contributed by atoms with van der Waals surface area (Å²) in [5.74, 6) is 1.45. The lowest BCUT2D eigenvalue weighted by atomic mass is 10.2. The molecule has 0 unspecified atom stereocenters. The van der Waals surface area contributed by atoms with Gasteiger partial charge in [-0.3, -0.25) is 0 Å². The average molecular weight is 279 g/mol. The predicted molar refractivity (Wildman–Crippen MR) is 74.3 cm³/mol. The van der Waals surface area contributed by atoms with E-state index in [2.05, 4.69) is 20.0 Å². The highest BCUT2D eigenvalue weighted by atomic mass is 32.1. The van der Waals surface area contributed by atoms with Gasteiger partial charge in [-0.1, -0.05) is 0 Å². The molecule has 1 fully saturated rings. The predicted octanol–water partition coefficient (Wildman–Crippen LogP) is 1.88. The zero-order chi connectivity index (χ0) is 13.1. The van der Waals surface area contributed by atoms with Crippen LogP contribution in [0.2, 0.25) is 0 Å². The summed E-state index contributed by atoms with van der Waals surface area (Å²) in [4.78, 5) is 10.8. The van der Waals surface area contributed by atoms with E-state index < -0.39 is 0 Å². The summed E-state index contributed by atoms with van der Waals surface area (Å²) < 4.78 is 5.27. The van der Waals surface area contributed by atoms with Crippen LogP contribution >= 0.6 is 11.3 Å². The van der Waals surface area contributed by atoms with Gasteiger partial charge >= 0.3 is 0 Å². The van der Waals surface area contributed by atoms with Gasteiger partial charge in [0.1, 0.15) is 0 Å². The first-order chi connectivity index (χ1) is 9.31. The van der Waals surface area contributed by atoms with Gasteiger partial charge in [-0.15, -0.1) is 11.3 Å². The van der Waals surface area contributed by atoms with Crippen LogP contribution in [0.3, 0.4) is 0 Å². The zero-order valence-corrected chi connectivity index (χ0v) is 11.5. The summed E-state index contributed by atoms with van der Waals surface area (Å²) in [6, 6.07) is 0. The van der Waals surface area contributed by atoms with Crippen LogP contribution in [-0.2, 0) is 12.8 Å². The van der Waals surface area contributed by atoms with Crippen LogP contribution < -0.4 is 10.6 Å². The number of anilines is 2. The van der Waals surface area contributed by atoms with Gasteiger partial charge in [0.2, 0.25) is 5.89 Å². The molecule has 1 aliphatic heterocycles. The molecule has 19 heavy (non-hydrogen) atoms. The number of nitrogens with two attached hydrogens (primary N) is 1. The minimum atomic E-state index is 0.629. The zero-order valence-electron chi connectivity index (χ0n) is 10.7. The van der Waals surface area contributed by atoms with Crippen LogP contribution in [0.1, 0.15) is 30.8 Å². The second-order valence-corrected chi connectivity index (χ2v) is 5.60. The Morgan fingerprint density at radius 2 is 2.11 bits per heavy atom. The number of aryl methyl sites for hydroxylation is 2. The Hall–Kier alpha value is -1.63. The highest BCUT2D eigenvalue weighted by Gasteiger charge is 2.17. The number of thiazole rings is 1. The minimum absolute atomic E-state index is 0.629. The molecule has 0 amide bonds. The molecule has 102 valence electrons. The van der Waals surface area contributed by atoms with Crippen LogP contribution in [0.25, 0.3) is 0 Å². The summed E-state index contributed by atoms with van der Waals surface area (Å²) in [7, 11) is 0. The molecule has 6 nitrogen and oxygen atoms in total. The fraction of sp³-hybridized carbons (Fsp3) is 0.583. The molecule has 0 aliphatic carbocycles. The van der Waals surface area contributed by atoms with E-state index in [1.54, 1.807) is 0 Å². The number of nitrogens with zero attached hydrogens (tertiary/aromatic N) is 4. The first-order valence-corrected chi connectivity index (χ1v) is 7.46. The Morgan fingerprint density at radius 3 is 2.84 bits per heavy atom. The third kappa shape index (κ3) is 3.04. The largest absolute Gasteiger partial charge is 0.375 e. The summed E-state index contributed by atoms with van der Waals surface area (Å²) >= 11 is 1.48. The van der Waals surface area contributed by atoms with Crippen molar-refractivity contribution in [3.8, 4) is 0 Å². The molecule has 0 atom stereocenters. The van der Waals surface area contributed by atoms with Gasteiger partial charge < -0.3 is 15.2 Å². The number of rotatable bonds is 5. The maximum atomic E-state index is 5.60. The molecule has 0 spiro atoms. The van der Waals surface area contributed by atoms with Crippen molar-refractivity contribution >= 4 is 22.4 Å². The van der Waals surface area contributed by atoms with Crippen LogP contribution in [0.15, 0.2) is 9.90 Å². The molecule has 0 saturated carbocycles. The van der Waals surface area contributed by atoms with Crippen molar-refractivity contribution in [1.29, 1.82) is 0 Å². The van der Waals surface area contributed by atoms with Crippen molar-refractivity contribution < 1.29 is 4.52 Å². The first kappa shape index (κ1) is 12.4. The molecule has 3 heterocycles. The fourth-order valence-electron chi connectivity index (χ4n) is 2.25. The Labute approximate surface area is 115 Å². The molecular weight excluding hydrogens is 262 g/mol. The van der Waals surface area contributed by atoms with E-state index in [1.165, 1.54) is 24.2 Å². The van der Waals surface area contributed by atoms with Gasteiger partial charge in [-0.2, -0.15) is 4.98 Å². The van der Waals surface area contributed by atoms with Crippen LogP contribution in [0.5, 0.6) is 0 Å². The average Bonchev–Trinajstić information content (AvgIpc) is 3.09. The second kappa shape index (κ2) is 5.56. The molecular formula is C12H17N5OS. The van der Waals surface area contributed by atoms with Gasteiger partial charge in [0.05, 0.1) is 5.69 Å². The molecule has 1 aliphatic rings. The van der Waals surface area contributed by atoms with Gasteiger partial charge in [-0.25, -0.2) is 4.98 Å². The van der Waals surface area contributed by atoms with Crippen molar-refractivity contribution in [3.63, 3.8) is 0 Å². The Kier molecular flexibility index (Phi) is 3.63. The molecule has 0 aromatic carbocycles. The Balaban J connectivity index is 1.50. The number of hydrogen-bond acceptors (Lipinski definition) is 7. The number of aromatic nitrogens is 3. The summed E-state index contributed by atoms with van der Waals surface area (Å²) in [5.41, 5.74) is 6.64. The Morgan fingerprint density at radius 1 is 1.26 bits per heavy atom. The maximum Gasteiger partial charge on any atom is 0.266 e. The summed E-state index contributed by atoms with van der Waals surface area (Å²) in [6.07, 6.45) is 5.07. The SMILES string of the molecule is Nc1nc(CCCc2nc(N3CCCC3)no2)cs1. The molecule has 1 saturated heterocycles. The van der Waals surface area contributed by atoms with Crippen molar-refractivity contribution in [2.45, 2.75) is 32.1 Å². The number of hydrogen-bond donors (Lipinski definition) is 1. The van der Waals surface area contributed by atoms with Gasteiger partial charge in [0, 0.05) is 24.9 Å². The van der Waals surface area contributed by atoms with Crippen molar-refractivity contribution in [3.05, 3.63) is 17.0 Å². The van der Waals surface area contributed by atoms with Gasteiger partial charge in [0.25, 0.3) is 5.95 Å². The first-order valence-electron chi connectivity index (χ1n) is 6.59. The molecule has 0 bridgehead atoms. The molecule has 2 N–H and O–H groups in total. The summed E-state index contributed by atoms with van der Waals surface area (Å²) in [5, 5.41) is 6.66. The van der Waals surface area contributed by atoms with Crippen LogP contribution in [0.4, 0.5) is 11.1 Å². The van der Waals surface area contributed by atoms with E-state index in [1.807, 2.05) is 5.38 Å². The van der Waals surface area contributed by atoms with E-state index in [9.17, 15) is 0 Å². The smallest absolute Gasteiger partial charge is 0.266 e. The van der Waals surface area contributed by atoms with Crippen molar-refractivity contribution in [2.24, 2.45) is 0 Å². The van der Waals surface area contributed by atoms with Gasteiger partial charge in [-0.05, 0) is 30.8 Å². The quantitative estimate of drug-likeness (QED) is 0.900. The Bertz CT molecular complexity index is 532. The standard InChI is InChI=1S/C12H17N5OS/c13-11-14-9(8-19-11)4-3-5-10-15-12(16-18-10)17-6-1-2-7-17/h8H,1-7H2,(H2,13,14). The van der Waals surface area contributed by atoms with E-state index in [0.717, 1.165) is 44.0 Å². The minimum Gasteiger partial charge on any atom is -0.375 e. The summed E-state index contributed by atoms with van der Waals surface area (Å²) in [6.45, 7) is 2.08. The van der Waals surface area contributed by atoms with Gasteiger partial charge in [0.15, 0.2) is 5.13 Å². The highest BCUT2D eigenvalue weighted by Crippen LogP contribution is 2.17. The van der Waals surface area contributed by atoms with E-state index in [4.69, 9.17) is 10.3 Å². The lowest BCUT2D eigenvalue weighted by molar-refractivity contribution is 0.375. The highest BCUT2D eigenvalue weighted by molar-refractivity contribution is 7.13. The van der Waals surface area contributed by atoms with E-state index in [-0.39, 0.29) is 0 Å². The van der Waals surface area contributed by atoms with Crippen LogP contribution in [0, 0.1) is 0 Å². The molecule has 3 rings (SSSR count). The van der Waals surface area contributed by atoms with Crippen molar-refractivity contribution in [1.82, 2.24) is 15.1 Å². The molecule has 2 aromatic heterocycles. The molecule has 7 heteroatoms. The van der Waals surface area contributed by atoms with E-state index in [0.29, 0.717) is 11.0 Å². The fourth-order valence-corrected chi connectivity index (χ4v) is 2.85. The van der Waals surface area contributed by atoms with Crippen LogP contribution in [-0.4, -0.2) is 28.2 Å². The monoisotopic (exact) mass is 279 g/mol. The number of nitrogen functional groups attached to an aromatic ring is 1. The molecule has 0 radical (unpaired) electrons.